The maximum absolute atomic E-state index is 5.34. The van der Waals surface area contributed by atoms with Gasteiger partial charge in [0.25, 0.3) is 0 Å². The average Bonchev–Trinajstić information content (AvgIpc) is 2.86. The van der Waals surface area contributed by atoms with E-state index in [0.29, 0.717) is 0 Å². The number of hydrogen-bond acceptors (Lipinski definition) is 6. The minimum atomic E-state index is 0.842. The zero-order valence-corrected chi connectivity index (χ0v) is 12.4. The summed E-state index contributed by atoms with van der Waals surface area (Å²) in [5.74, 6) is 1.98. The number of anilines is 1. The van der Waals surface area contributed by atoms with E-state index in [1.807, 2.05) is 6.07 Å². The molecule has 5 nitrogen and oxygen atoms in total. The summed E-state index contributed by atoms with van der Waals surface area (Å²) in [4.78, 5) is 15.6. The molecule has 1 aromatic heterocycles. The van der Waals surface area contributed by atoms with Gasteiger partial charge < -0.3 is 9.80 Å². The Morgan fingerprint density at radius 1 is 1.11 bits per heavy atom. The fourth-order valence-electron chi connectivity index (χ4n) is 2.34. The van der Waals surface area contributed by atoms with E-state index in [-0.39, 0.29) is 0 Å². The van der Waals surface area contributed by atoms with E-state index in [0.717, 1.165) is 55.4 Å². The van der Waals surface area contributed by atoms with Gasteiger partial charge >= 0.3 is 0 Å². The second-order valence-corrected chi connectivity index (χ2v) is 6.40. The fourth-order valence-corrected chi connectivity index (χ4v) is 3.56. The molecule has 3 heterocycles. The van der Waals surface area contributed by atoms with Crippen molar-refractivity contribution in [3.05, 3.63) is 18.5 Å². The van der Waals surface area contributed by atoms with Crippen molar-refractivity contribution in [2.45, 2.75) is 0 Å². The Bertz CT molecular complexity index is 433. The van der Waals surface area contributed by atoms with Gasteiger partial charge in [0.05, 0.1) is 6.67 Å². The molecular formula is C12H17N5S2. The van der Waals surface area contributed by atoms with E-state index in [4.69, 9.17) is 12.2 Å². The van der Waals surface area contributed by atoms with Crippen LogP contribution in [0.15, 0.2) is 18.5 Å². The monoisotopic (exact) mass is 295 g/mol. The molecule has 0 bridgehead atoms. The van der Waals surface area contributed by atoms with Crippen molar-refractivity contribution in [1.29, 1.82) is 0 Å². The second kappa shape index (κ2) is 6.02. The van der Waals surface area contributed by atoms with Crippen molar-refractivity contribution in [2.75, 3.05) is 50.0 Å². The van der Waals surface area contributed by atoms with Crippen LogP contribution in [0.3, 0.4) is 0 Å². The number of hydrogen-bond donors (Lipinski definition) is 0. The summed E-state index contributed by atoms with van der Waals surface area (Å²) in [6.45, 7) is 6.11. The molecule has 0 N–H and O–H groups in total. The predicted octanol–water partition coefficient (Wildman–Crippen LogP) is 0.890. The van der Waals surface area contributed by atoms with Crippen molar-refractivity contribution in [1.82, 2.24) is 19.8 Å². The number of rotatable bonds is 3. The summed E-state index contributed by atoms with van der Waals surface area (Å²) >= 11 is 7.13. The first-order valence-corrected chi connectivity index (χ1v) is 7.88. The minimum absolute atomic E-state index is 0.842. The number of nitrogens with zero attached hydrogens (tertiary/aromatic N) is 5. The number of aromatic nitrogens is 2. The molecule has 3 rings (SSSR count). The maximum atomic E-state index is 5.34. The molecule has 0 radical (unpaired) electrons. The highest BCUT2D eigenvalue weighted by molar-refractivity contribution is 8.23. The normalized spacial score (nSPS) is 21.2. The van der Waals surface area contributed by atoms with Gasteiger partial charge in [-0.25, -0.2) is 9.97 Å². The van der Waals surface area contributed by atoms with Crippen molar-refractivity contribution < 1.29 is 0 Å². The lowest BCUT2D eigenvalue weighted by Crippen LogP contribution is -2.50. The SMILES string of the molecule is S=C1SCCN1CN1CCN(c2ncccn2)CC1. The second-order valence-electron chi connectivity index (χ2n) is 4.67. The molecule has 0 amide bonds. The molecule has 102 valence electrons. The summed E-state index contributed by atoms with van der Waals surface area (Å²) in [6.07, 6.45) is 3.60. The Kier molecular flexibility index (Phi) is 4.15. The Balaban J connectivity index is 1.51. The van der Waals surface area contributed by atoms with Crippen molar-refractivity contribution >= 4 is 34.2 Å². The third-order valence-electron chi connectivity index (χ3n) is 3.42. The highest BCUT2D eigenvalue weighted by Crippen LogP contribution is 2.18. The molecular weight excluding hydrogens is 278 g/mol. The van der Waals surface area contributed by atoms with E-state index in [1.54, 1.807) is 24.2 Å². The van der Waals surface area contributed by atoms with Crippen LogP contribution in [0.2, 0.25) is 0 Å². The Labute approximate surface area is 123 Å². The van der Waals surface area contributed by atoms with Crippen LogP contribution in [0.4, 0.5) is 5.95 Å². The molecule has 0 aromatic carbocycles. The summed E-state index contributed by atoms with van der Waals surface area (Å²) < 4.78 is 1.05. The maximum Gasteiger partial charge on any atom is 0.225 e. The molecule has 2 saturated heterocycles. The summed E-state index contributed by atoms with van der Waals surface area (Å²) in [7, 11) is 0. The molecule has 0 atom stereocenters. The van der Waals surface area contributed by atoms with Gasteiger partial charge in [0, 0.05) is 50.9 Å². The quantitative estimate of drug-likeness (QED) is 0.766. The van der Waals surface area contributed by atoms with Gasteiger partial charge in [-0.15, -0.1) is 0 Å². The molecule has 0 saturated carbocycles. The van der Waals surface area contributed by atoms with Gasteiger partial charge in [0.1, 0.15) is 4.32 Å². The highest BCUT2D eigenvalue weighted by atomic mass is 32.2. The summed E-state index contributed by atoms with van der Waals surface area (Å²) in [5, 5.41) is 0. The Morgan fingerprint density at radius 3 is 2.47 bits per heavy atom. The number of piperazine rings is 1. The highest BCUT2D eigenvalue weighted by Gasteiger charge is 2.23. The van der Waals surface area contributed by atoms with Crippen LogP contribution in [0.5, 0.6) is 0 Å². The Morgan fingerprint density at radius 2 is 1.84 bits per heavy atom. The van der Waals surface area contributed by atoms with Crippen LogP contribution in [0.25, 0.3) is 0 Å². The molecule has 1 aromatic rings. The molecule has 0 aliphatic carbocycles. The van der Waals surface area contributed by atoms with E-state index in [9.17, 15) is 0 Å². The van der Waals surface area contributed by atoms with Crippen molar-refractivity contribution in [3.63, 3.8) is 0 Å². The number of thiocarbonyl (C=S) groups is 1. The largest absolute Gasteiger partial charge is 0.344 e. The lowest BCUT2D eigenvalue weighted by Gasteiger charge is -2.36. The molecule has 2 aliphatic rings. The zero-order valence-electron chi connectivity index (χ0n) is 10.7. The third kappa shape index (κ3) is 3.16. The van der Waals surface area contributed by atoms with Gasteiger partial charge in [-0.2, -0.15) is 0 Å². The predicted molar refractivity (Wildman–Crippen MR) is 82.4 cm³/mol. The lowest BCUT2D eigenvalue weighted by molar-refractivity contribution is 0.186. The fraction of sp³-hybridized carbons (Fsp3) is 0.583. The smallest absolute Gasteiger partial charge is 0.225 e. The molecule has 2 aliphatic heterocycles. The van der Waals surface area contributed by atoms with Crippen molar-refractivity contribution in [2.24, 2.45) is 0 Å². The van der Waals surface area contributed by atoms with Gasteiger partial charge in [-0.05, 0) is 6.07 Å². The van der Waals surface area contributed by atoms with E-state index < -0.39 is 0 Å². The van der Waals surface area contributed by atoms with E-state index >= 15 is 0 Å². The molecule has 19 heavy (non-hydrogen) atoms. The van der Waals surface area contributed by atoms with Crippen LogP contribution >= 0.6 is 24.0 Å². The third-order valence-corrected chi connectivity index (χ3v) is 4.93. The average molecular weight is 295 g/mol. The van der Waals surface area contributed by atoms with Gasteiger partial charge in [-0.1, -0.05) is 24.0 Å². The van der Waals surface area contributed by atoms with Crippen LogP contribution in [0.1, 0.15) is 0 Å². The molecule has 2 fully saturated rings. The van der Waals surface area contributed by atoms with Crippen LogP contribution in [-0.2, 0) is 0 Å². The summed E-state index contributed by atoms with van der Waals surface area (Å²) in [5.41, 5.74) is 0. The van der Waals surface area contributed by atoms with E-state index in [2.05, 4.69) is 24.7 Å². The topological polar surface area (TPSA) is 35.5 Å². The Hall–Kier alpha value is -0.920. The van der Waals surface area contributed by atoms with Gasteiger partial charge in [-0.3, -0.25) is 4.90 Å². The van der Waals surface area contributed by atoms with Crippen LogP contribution in [-0.4, -0.2) is 69.2 Å². The molecule has 0 spiro atoms. The van der Waals surface area contributed by atoms with Crippen LogP contribution in [0, 0.1) is 0 Å². The number of thioether (sulfide) groups is 1. The summed E-state index contributed by atoms with van der Waals surface area (Å²) in [6, 6.07) is 1.85. The van der Waals surface area contributed by atoms with Crippen molar-refractivity contribution in [3.8, 4) is 0 Å². The molecule has 0 unspecified atom stereocenters. The standard InChI is InChI=1S/C12H17N5S2/c18-12-17(8-9-19-12)10-15-4-6-16(7-5-15)11-13-2-1-3-14-11/h1-3H,4-10H2. The molecule has 7 heteroatoms. The zero-order chi connectivity index (χ0) is 13.1. The van der Waals surface area contributed by atoms with E-state index in [1.165, 1.54) is 0 Å². The first-order chi connectivity index (χ1) is 9.33. The van der Waals surface area contributed by atoms with Gasteiger partial charge in [0.15, 0.2) is 0 Å². The first-order valence-electron chi connectivity index (χ1n) is 6.49. The minimum Gasteiger partial charge on any atom is -0.344 e. The lowest BCUT2D eigenvalue weighted by atomic mass is 10.3. The first kappa shape index (κ1) is 13.1. The van der Waals surface area contributed by atoms with Crippen LogP contribution < -0.4 is 4.90 Å². The van der Waals surface area contributed by atoms with Gasteiger partial charge in [0.2, 0.25) is 5.95 Å².